The first kappa shape index (κ1) is 18.0. The first-order valence-corrected chi connectivity index (χ1v) is 7.82. The summed E-state index contributed by atoms with van der Waals surface area (Å²) in [6, 6.07) is 12.0. The zero-order valence-electron chi connectivity index (χ0n) is 12.9. The molecule has 1 amide bonds. The second-order valence-corrected chi connectivity index (χ2v) is 5.44. The van der Waals surface area contributed by atoms with Crippen molar-refractivity contribution in [2.75, 3.05) is 20.3 Å². The second kappa shape index (κ2) is 9.07. The van der Waals surface area contributed by atoms with E-state index >= 15 is 0 Å². The van der Waals surface area contributed by atoms with E-state index in [0.29, 0.717) is 27.1 Å². The number of rotatable bonds is 5. The van der Waals surface area contributed by atoms with Crippen molar-refractivity contribution in [2.24, 2.45) is 0 Å². The second-order valence-electron chi connectivity index (χ2n) is 4.60. The van der Waals surface area contributed by atoms with E-state index in [1.54, 1.807) is 31.4 Å². The number of hydrogen-bond donors (Lipinski definition) is 1. The Morgan fingerprint density at radius 1 is 1.12 bits per heavy atom. The highest BCUT2D eigenvalue weighted by Crippen LogP contribution is 2.25. The summed E-state index contributed by atoms with van der Waals surface area (Å²) >= 11 is 11.8. The van der Waals surface area contributed by atoms with Crippen LogP contribution in [0.5, 0.6) is 11.5 Å². The molecule has 124 valence electrons. The van der Waals surface area contributed by atoms with Gasteiger partial charge < -0.3 is 14.8 Å². The lowest BCUT2D eigenvalue weighted by Gasteiger charge is -2.07. The first-order valence-electron chi connectivity index (χ1n) is 7.06. The zero-order chi connectivity index (χ0) is 17.4. The van der Waals surface area contributed by atoms with Crippen LogP contribution in [-0.4, -0.2) is 26.2 Å². The third-order valence-electron chi connectivity index (χ3n) is 3.01. The number of methoxy groups -OCH3 is 1. The molecule has 0 spiro atoms. The van der Waals surface area contributed by atoms with Gasteiger partial charge in [-0.3, -0.25) is 4.79 Å². The van der Waals surface area contributed by atoms with E-state index in [-0.39, 0.29) is 19.1 Å². The summed E-state index contributed by atoms with van der Waals surface area (Å²) in [7, 11) is 1.57. The highest BCUT2D eigenvalue weighted by molar-refractivity contribution is 6.36. The highest BCUT2D eigenvalue weighted by atomic mass is 35.5. The Balaban J connectivity index is 1.80. The smallest absolute Gasteiger partial charge is 0.253 e. The van der Waals surface area contributed by atoms with E-state index in [1.807, 2.05) is 12.1 Å². The molecule has 2 aromatic rings. The molecular formula is C18H15Cl2NO3. The van der Waals surface area contributed by atoms with E-state index in [2.05, 4.69) is 17.2 Å². The van der Waals surface area contributed by atoms with Gasteiger partial charge >= 0.3 is 0 Å². The number of carbonyl (C=O) groups is 1. The van der Waals surface area contributed by atoms with Crippen molar-refractivity contribution < 1.29 is 14.3 Å². The van der Waals surface area contributed by atoms with Crippen LogP contribution in [0.3, 0.4) is 0 Å². The number of benzene rings is 2. The predicted octanol–water partition coefficient (Wildman–Crippen LogP) is 3.81. The van der Waals surface area contributed by atoms with Crippen molar-refractivity contribution in [3.63, 3.8) is 0 Å². The van der Waals surface area contributed by atoms with Crippen LogP contribution in [0.15, 0.2) is 42.5 Å². The van der Waals surface area contributed by atoms with Crippen LogP contribution in [0.4, 0.5) is 0 Å². The van der Waals surface area contributed by atoms with Crippen molar-refractivity contribution in [3.8, 4) is 23.3 Å². The van der Waals surface area contributed by atoms with Gasteiger partial charge in [0, 0.05) is 5.02 Å². The van der Waals surface area contributed by atoms with E-state index < -0.39 is 0 Å². The molecule has 0 aliphatic rings. The van der Waals surface area contributed by atoms with Gasteiger partial charge in [0.2, 0.25) is 0 Å². The Labute approximate surface area is 150 Å². The maximum absolute atomic E-state index is 12.0. The number of para-hydroxylation sites is 2. The molecule has 0 fully saturated rings. The average molecular weight is 364 g/mol. The van der Waals surface area contributed by atoms with Crippen LogP contribution >= 0.6 is 23.2 Å². The van der Waals surface area contributed by atoms with Crippen LogP contribution in [0.1, 0.15) is 10.4 Å². The van der Waals surface area contributed by atoms with Crippen LogP contribution < -0.4 is 14.8 Å². The van der Waals surface area contributed by atoms with E-state index in [0.717, 1.165) is 0 Å². The van der Waals surface area contributed by atoms with Gasteiger partial charge in [0.05, 0.1) is 24.2 Å². The summed E-state index contributed by atoms with van der Waals surface area (Å²) < 4.78 is 10.7. The van der Waals surface area contributed by atoms with Gasteiger partial charge in [-0.15, -0.1) is 0 Å². The fourth-order valence-electron chi connectivity index (χ4n) is 1.86. The van der Waals surface area contributed by atoms with Gasteiger partial charge in [0.15, 0.2) is 11.5 Å². The number of ether oxygens (including phenoxy) is 2. The number of carbonyl (C=O) groups excluding carboxylic acids is 1. The van der Waals surface area contributed by atoms with Crippen LogP contribution in [0.2, 0.25) is 10.0 Å². The minimum absolute atomic E-state index is 0.188. The van der Waals surface area contributed by atoms with Crippen LogP contribution in [-0.2, 0) is 0 Å². The lowest BCUT2D eigenvalue weighted by molar-refractivity contribution is 0.0959. The highest BCUT2D eigenvalue weighted by Gasteiger charge is 2.09. The molecule has 2 aromatic carbocycles. The predicted molar refractivity (Wildman–Crippen MR) is 95.1 cm³/mol. The van der Waals surface area contributed by atoms with Crippen molar-refractivity contribution in [1.29, 1.82) is 0 Å². The Kier molecular flexibility index (Phi) is 6.80. The number of hydrogen-bond acceptors (Lipinski definition) is 3. The topological polar surface area (TPSA) is 47.6 Å². The molecule has 0 aliphatic heterocycles. The maximum atomic E-state index is 12.0. The number of halogens is 2. The molecule has 0 unspecified atom stereocenters. The summed E-state index contributed by atoms with van der Waals surface area (Å²) in [5.41, 5.74) is 0.355. The molecule has 0 atom stereocenters. The largest absolute Gasteiger partial charge is 0.493 e. The summed E-state index contributed by atoms with van der Waals surface area (Å²) in [6.07, 6.45) is 0. The molecule has 0 saturated carbocycles. The molecule has 0 aliphatic carbocycles. The molecule has 0 bridgehead atoms. The average Bonchev–Trinajstić information content (AvgIpc) is 2.58. The van der Waals surface area contributed by atoms with Gasteiger partial charge in [0.1, 0.15) is 6.61 Å². The SMILES string of the molecule is COc1ccccc1OCC#CCNC(=O)c1ccc(Cl)cc1Cl. The Hall–Kier alpha value is -2.35. The molecule has 0 aromatic heterocycles. The third kappa shape index (κ3) is 5.09. The summed E-state index contributed by atoms with van der Waals surface area (Å²) in [4.78, 5) is 12.0. The van der Waals surface area contributed by atoms with Gasteiger partial charge in [-0.2, -0.15) is 0 Å². The summed E-state index contributed by atoms with van der Waals surface area (Å²) in [6.45, 7) is 0.380. The van der Waals surface area contributed by atoms with Gasteiger partial charge in [-0.1, -0.05) is 47.2 Å². The molecule has 0 radical (unpaired) electrons. The fourth-order valence-corrected chi connectivity index (χ4v) is 2.35. The van der Waals surface area contributed by atoms with Crippen molar-refractivity contribution in [1.82, 2.24) is 5.32 Å². The first-order chi connectivity index (χ1) is 11.6. The molecule has 6 heteroatoms. The normalized spacial score (nSPS) is 9.62. The van der Waals surface area contributed by atoms with Crippen molar-refractivity contribution in [2.45, 2.75) is 0 Å². The Morgan fingerprint density at radius 2 is 1.88 bits per heavy atom. The lowest BCUT2D eigenvalue weighted by Crippen LogP contribution is -2.23. The van der Waals surface area contributed by atoms with Gasteiger partial charge in [-0.05, 0) is 30.3 Å². The molecule has 24 heavy (non-hydrogen) atoms. The van der Waals surface area contributed by atoms with Crippen LogP contribution in [0, 0.1) is 11.8 Å². The summed E-state index contributed by atoms with van der Waals surface area (Å²) in [5, 5.41) is 3.44. The number of nitrogens with one attached hydrogen (secondary N) is 1. The Bertz CT molecular complexity index is 781. The van der Waals surface area contributed by atoms with E-state index in [4.69, 9.17) is 32.7 Å². The van der Waals surface area contributed by atoms with Gasteiger partial charge in [-0.25, -0.2) is 0 Å². The standard InChI is InChI=1S/C18H15Cl2NO3/c1-23-16-6-2-3-7-17(16)24-11-5-4-10-21-18(22)14-9-8-13(19)12-15(14)20/h2-3,6-9,12H,10-11H2,1H3,(H,21,22). The quantitative estimate of drug-likeness (QED) is 0.821. The van der Waals surface area contributed by atoms with Crippen LogP contribution in [0.25, 0.3) is 0 Å². The lowest BCUT2D eigenvalue weighted by atomic mass is 10.2. The van der Waals surface area contributed by atoms with Crippen molar-refractivity contribution in [3.05, 3.63) is 58.1 Å². The Morgan fingerprint density at radius 3 is 2.58 bits per heavy atom. The maximum Gasteiger partial charge on any atom is 0.253 e. The molecule has 1 N–H and O–H groups in total. The minimum Gasteiger partial charge on any atom is -0.493 e. The molecule has 0 saturated heterocycles. The molecule has 2 rings (SSSR count). The van der Waals surface area contributed by atoms with Gasteiger partial charge in [0.25, 0.3) is 5.91 Å². The van der Waals surface area contributed by atoms with Crippen molar-refractivity contribution >= 4 is 29.1 Å². The van der Waals surface area contributed by atoms with E-state index in [9.17, 15) is 4.79 Å². The molecular weight excluding hydrogens is 349 g/mol. The summed E-state index contributed by atoms with van der Waals surface area (Å²) in [5.74, 6) is 6.58. The third-order valence-corrected chi connectivity index (χ3v) is 3.55. The molecule has 4 nitrogen and oxygen atoms in total. The van der Waals surface area contributed by atoms with E-state index in [1.165, 1.54) is 6.07 Å². The zero-order valence-corrected chi connectivity index (χ0v) is 14.4. The number of amides is 1. The monoisotopic (exact) mass is 363 g/mol. The molecule has 0 heterocycles. The minimum atomic E-state index is -0.309. The fraction of sp³-hybridized carbons (Fsp3) is 0.167.